The number of nitro groups is 1. The highest BCUT2D eigenvalue weighted by atomic mass is 19.2. The predicted octanol–water partition coefficient (Wildman–Crippen LogP) is 1.47. The number of nitro benzene ring substituents is 1. The summed E-state index contributed by atoms with van der Waals surface area (Å²) >= 11 is 0. The van der Waals surface area contributed by atoms with Gasteiger partial charge in [-0.15, -0.1) is 0 Å². The standard InChI is InChI=1S/C12H10F2N2O5/c13-7-3-6(9(16(20)21)4-8(7)14)10(17)15-5-12(1-2-12)11(18)19/h3-4H,1-2,5H2,(H,15,17)(H,18,19). The smallest absolute Gasteiger partial charge is 0.311 e. The molecule has 0 bridgehead atoms. The van der Waals surface area contributed by atoms with Crippen molar-refractivity contribution in [2.75, 3.05) is 6.54 Å². The number of carbonyl (C=O) groups excluding carboxylic acids is 1. The van der Waals surface area contributed by atoms with Crippen molar-refractivity contribution in [1.29, 1.82) is 0 Å². The molecule has 9 heteroatoms. The Balaban J connectivity index is 2.21. The van der Waals surface area contributed by atoms with Gasteiger partial charge >= 0.3 is 5.97 Å². The van der Waals surface area contributed by atoms with Crippen LogP contribution in [0.5, 0.6) is 0 Å². The van der Waals surface area contributed by atoms with Crippen LogP contribution >= 0.6 is 0 Å². The van der Waals surface area contributed by atoms with Gasteiger partial charge in [-0.2, -0.15) is 0 Å². The number of nitrogens with zero attached hydrogens (tertiary/aromatic N) is 1. The zero-order chi connectivity index (χ0) is 15.8. The van der Waals surface area contributed by atoms with Gasteiger partial charge in [-0.3, -0.25) is 19.7 Å². The highest BCUT2D eigenvalue weighted by Gasteiger charge is 2.50. The molecule has 0 atom stereocenters. The first kappa shape index (κ1) is 14.8. The molecule has 0 spiro atoms. The number of nitrogens with one attached hydrogen (secondary N) is 1. The molecule has 0 heterocycles. The molecule has 2 N–H and O–H groups in total. The molecule has 112 valence electrons. The number of halogens is 2. The van der Waals surface area contributed by atoms with E-state index in [1.54, 1.807) is 0 Å². The molecule has 0 aliphatic heterocycles. The van der Waals surface area contributed by atoms with Gasteiger partial charge in [0.05, 0.1) is 16.4 Å². The van der Waals surface area contributed by atoms with E-state index in [0.29, 0.717) is 25.0 Å². The van der Waals surface area contributed by atoms with Gasteiger partial charge in [0.1, 0.15) is 5.56 Å². The molecular formula is C12H10F2N2O5. The van der Waals surface area contributed by atoms with E-state index >= 15 is 0 Å². The molecular weight excluding hydrogens is 290 g/mol. The molecule has 1 saturated carbocycles. The van der Waals surface area contributed by atoms with Crippen LogP contribution in [0.25, 0.3) is 0 Å². The topological polar surface area (TPSA) is 110 Å². The van der Waals surface area contributed by atoms with E-state index in [9.17, 15) is 28.5 Å². The summed E-state index contributed by atoms with van der Waals surface area (Å²) < 4.78 is 26.1. The number of hydrogen-bond acceptors (Lipinski definition) is 4. The second kappa shape index (κ2) is 5.08. The second-order valence-electron chi connectivity index (χ2n) is 4.81. The number of carboxylic acid groups (broad SMARTS) is 1. The number of rotatable bonds is 5. The Bertz CT molecular complexity index is 643. The summed E-state index contributed by atoms with van der Waals surface area (Å²) in [5, 5.41) is 21.9. The van der Waals surface area contributed by atoms with Crippen LogP contribution in [0, 0.1) is 27.2 Å². The Labute approximate surface area is 116 Å². The minimum atomic E-state index is -1.44. The molecule has 1 fully saturated rings. The third-order valence-corrected chi connectivity index (χ3v) is 3.37. The molecule has 1 aliphatic rings. The van der Waals surface area contributed by atoms with Crippen LogP contribution in [0.3, 0.4) is 0 Å². The van der Waals surface area contributed by atoms with Gasteiger partial charge in [-0.05, 0) is 18.9 Å². The van der Waals surface area contributed by atoms with Gasteiger partial charge in [-0.1, -0.05) is 0 Å². The highest BCUT2D eigenvalue weighted by molar-refractivity contribution is 5.98. The number of hydrogen-bond donors (Lipinski definition) is 2. The van der Waals surface area contributed by atoms with Crippen molar-refractivity contribution in [1.82, 2.24) is 5.32 Å². The van der Waals surface area contributed by atoms with Crippen LogP contribution in [-0.2, 0) is 4.79 Å². The van der Waals surface area contributed by atoms with Crippen molar-refractivity contribution in [3.05, 3.63) is 39.4 Å². The monoisotopic (exact) mass is 300 g/mol. The first-order valence-electron chi connectivity index (χ1n) is 5.92. The number of carbonyl (C=O) groups is 2. The van der Waals surface area contributed by atoms with Gasteiger partial charge in [0.15, 0.2) is 11.6 Å². The molecule has 1 amide bonds. The van der Waals surface area contributed by atoms with Gasteiger partial charge in [0, 0.05) is 6.54 Å². The number of carboxylic acids is 1. The maximum Gasteiger partial charge on any atom is 0.311 e. The second-order valence-corrected chi connectivity index (χ2v) is 4.81. The van der Waals surface area contributed by atoms with Gasteiger partial charge in [0.2, 0.25) is 0 Å². The predicted molar refractivity (Wildman–Crippen MR) is 64.6 cm³/mol. The van der Waals surface area contributed by atoms with Gasteiger partial charge < -0.3 is 10.4 Å². The number of benzene rings is 1. The molecule has 1 aliphatic carbocycles. The van der Waals surface area contributed by atoms with E-state index in [1.165, 1.54) is 0 Å². The van der Waals surface area contributed by atoms with E-state index in [2.05, 4.69) is 5.32 Å². The fourth-order valence-electron chi connectivity index (χ4n) is 1.83. The Morgan fingerprint density at radius 3 is 2.38 bits per heavy atom. The lowest BCUT2D eigenvalue weighted by atomic mass is 10.1. The molecule has 1 aromatic carbocycles. The first-order valence-corrected chi connectivity index (χ1v) is 5.92. The third-order valence-electron chi connectivity index (χ3n) is 3.37. The van der Waals surface area contributed by atoms with Crippen LogP contribution in [0.2, 0.25) is 0 Å². The summed E-state index contributed by atoms with van der Waals surface area (Å²) in [6, 6.07) is 0.734. The SMILES string of the molecule is O=C(NCC1(C(=O)O)CC1)c1cc(F)c(F)cc1[N+](=O)[O-]. The maximum atomic E-state index is 13.1. The molecule has 7 nitrogen and oxygen atoms in total. The largest absolute Gasteiger partial charge is 0.481 e. The lowest BCUT2D eigenvalue weighted by Gasteiger charge is -2.11. The Hall–Kier alpha value is -2.58. The first-order chi connectivity index (χ1) is 9.77. The van der Waals surface area contributed by atoms with E-state index in [-0.39, 0.29) is 6.54 Å². The third kappa shape index (κ3) is 2.81. The van der Waals surface area contributed by atoms with Crippen LogP contribution in [-0.4, -0.2) is 28.5 Å². The summed E-state index contributed by atoms with van der Waals surface area (Å²) in [4.78, 5) is 32.5. The van der Waals surface area contributed by atoms with Crippen molar-refractivity contribution in [3.63, 3.8) is 0 Å². The highest BCUT2D eigenvalue weighted by Crippen LogP contribution is 2.45. The average Bonchev–Trinajstić information content (AvgIpc) is 3.19. The molecule has 0 unspecified atom stereocenters. The summed E-state index contributed by atoms with van der Waals surface area (Å²) in [6.07, 6.45) is 0.755. The fraction of sp³-hybridized carbons (Fsp3) is 0.333. The van der Waals surface area contributed by atoms with Gasteiger partial charge in [-0.25, -0.2) is 8.78 Å². The molecule has 2 rings (SSSR count). The van der Waals surface area contributed by atoms with Crippen molar-refractivity contribution in [2.45, 2.75) is 12.8 Å². The maximum absolute atomic E-state index is 13.1. The van der Waals surface area contributed by atoms with Crippen molar-refractivity contribution in [3.8, 4) is 0 Å². The Morgan fingerprint density at radius 1 is 1.33 bits per heavy atom. The van der Waals surface area contributed by atoms with Crippen LogP contribution in [0.4, 0.5) is 14.5 Å². The Kier molecular flexibility index (Phi) is 3.58. The molecule has 0 saturated heterocycles. The van der Waals surface area contributed by atoms with Crippen LogP contribution in [0.15, 0.2) is 12.1 Å². The fourth-order valence-corrected chi connectivity index (χ4v) is 1.83. The Morgan fingerprint density at radius 2 is 1.90 bits per heavy atom. The zero-order valence-corrected chi connectivity index (χ0v) is 10.6. The van der Waals surface area contributed by atoms with E-state index in [0.717, 1.165) is 0 Å². The molecule has 0 radical (unpaired) electrons. The van der Waals surface area contributed by atoms with Crippen molar-refractivity contribution < 1.29 is 28.4 Å². The van der Waals surface area contributed by atoms with Crippen LogP contribution < -0.4 is 5.32 Å². The van der Waals surface area contributed by atoms with Crippen molar-refractivity contribution >= 4 is 17.6 Å². The minimum absolute atomic E-state index is 0.225. The van der Waals surface area contributed by atoms with Crippen LogP contribution in [0.1, 0.15) is 23.2 Å². The van der Waals surface area contributed by atoms with Gasteiger partial charge in [0.25, 0.3) is 11.6 Å². The average molecular weight is 300 g/mol. The molecule has 1 aromatic rings. The lowest BCUT2D eigenvalue weighted by Crippen LogP contribution is -2.34. The zero-order valence-electron chi connectivity index (χ0n) is 10.6. The van der Waals surface area contributed by atoms with Crippen molar-refractivity contribution in [2.24, 2.45) is 5.41 Å². The summed E-state index contributed by atoms with van der Waals surface area (Å²) in [5.41, 5.74) is -2.60. The lowest BCUT2D eigenvalue weighted by molar-refractivity contribution is -0.385. The van der Waals surface area contributed by atoms with E-state index < -0.39 is 45.1 Å². The van der Waals surface area contributed by atoms with E-state index in [1.807, 2.05) is 0 Å². The number of amides is 1. The summed E-state index contributed by atoms with van der Waals surface area (Å²) in [6.45, 7) is -0.225. The van der Waals surface area contributed by atoms with E-state index in [4.69, 9.17) is 5.11 Å². The summed E-state index contributed by atoms with van der Waals surface area (Å²) in [5.74, 6) is -4.94. The normalized spacial score (nSPS) is 15.3. The number of aliphatic carboxylic acids is 1. The summed E-state index contributed by atoms with van der Waals surface area (Å²) in [7, 11) is 0. The quantitative estimate of drug-likeness (QED) is 0.632. The minimum Gasteiger partial charge on any atom is -0.481 e. The molecule has 0 aromatic heterocycles. The molecule has 21 heavy (non-hydrogen) atoms.